The zero-order chi connectivity index (χ0) is 19.4. The van der Waals surface area contributed by atoms with Crippen molar-refractivity contribution in [2.75, 3.05) is 11.1 Å². The van der Waals surface area contributed by atoms with Gasteiger partial charge in [-0.3, -0.25) is 9.59 Å². The molecule has 0 radical (unpaired) electrons. The van der Waals surface area contributed by atoms with Crippen molar-refractivity contribution in [2.24, 2.45) is 5.92 Å². The molecule has 0 saturated carbocycles. The lowest BCUT2D eigenvalue weighted by molar-refractivity contribution is -0.113. The Hall–Kier alpha value is -1.90. The lowest BCUT2D eigenvalue weighted by Crippen LogP contribution is -2.16. The fraction of sp³-hybridized carbons (Fsp3) is 0.333. The van der Waals surface area contributed by atoms with Crippen LogP contribution in [0.1, 0.15) is 24.5 Å². The highest BCUT2D eigenvalue weighted by atomic mass is 35.5. The predicted octanol–water partition coefficient (Wildman–Crippen LogP) is 3.87. The number of benzene rings is 1. The number of thioether (sulfide) groups is 1. The van der Waals surface area contributed by atoms with Crippen LogP contribution in [0.2, 0.25) is 5.02 Å². The molecule has 142 valence electrons. The summed E-state index contributed by atoms with van der Waals surface area (Å²) in [6, 6.07) is 8.43. The molecule has 1 amide bonds. The molecule has 0 aliphatic carbocycles. The van der Waals surface area contributed by atoms with Gasteiger partial charge in [-0.25, -0.2) is 4.98 Å². The third kappa shape index (κ3) is 5.54. The summed E-state index contributed by atoms with van der Waals surface area (Å²) in [6.45, 7) is 4.22. The summed E-state index contributed by atoms with van der Waals surface area (Å²) in [5.74, 6) is 1.11. The van der Waals surface area contributed by atoms with Crippen LogP contribution in [0.3, 0.4) is 0 Å². The number of carbonyl (C=O) groups is 1. The highest BCUT2D eigenvalue weighted by Crippen LogP contribution is 2.18. The first-order valence-electron chi connectivity index (χ1n) is 8.42. The Balaban J connectivity index is 1.58. The van der Waals surface area contributed by atoms with E-state index in [1.165, 1.54) is 33.7 Å². The van der Waals surface area contributed by atoms with Gasteiger partial charge in [-0.15, -0.1) is 11.8 Å². The number of amides is 1. The number of hydrogen-bond acceptors (Lipinski definition) is 6. The van der Waals surface area contributed by atoms with Gasteiger partial charge in [0.15, 0.2) is 0 Å². The van der Waals surface area contributed by atoms with E-state index >= 15 is 0 Å². The number of nitrogens with one attached hydrogen (secondary N) is 1. The zero-order valence-corrected chi connectivity index (χ0v) is 17.3. The van der Waals surface area contributed by atoms with E-state index in [1.54, 1.807) is 24.3 Å². The van der Waals surface area contributed by atoms with Crippen LogP contribution in [0.5, 0.6) is 0 Å². The maximum absolute atomic E-state index is 12.2. The van der Waals surface area contributed by atoms with Crippen molar-refractivity contribution in [1.82, 2.24) is 14.6 Å². The second-order valence-electron chi connectivity index (χ2n) is 6.42. The lowest BCUT2D eigenvalue weighted by atomic mass is 10.1. The molecule has 9 heteroatoms. The number of halogens is 1. The Kier molecular flexibility index (Phi) is 6.51. The lowest BCUT2D eigenvalue weighted by Gasteiger charge is -2.05. The number of hydrogen-bond donors (Lipinski definition) is 1. The summed E-state index contributed by atoms with van der Waals surface area (Å²) in [5.41, 5.74) is 1.17. The molecule has 0 bridgehead atoms. The van der Waals surface area contributed by atoms with Gasteiger partial charge in [0.05, 0.1) is 11.4 Å². The van der Waals surface area contributed by atoms with Gasteiger partial charge in [-0.1, -0.05) is 36.8 Å². The van der Waals surface area contributed by atoms with Crippen molar-refractivity contribution in [3.05, 3.63) is 56.4 Å². The van der Waals surface area contributed by atoms with Crippen LogP contribution in [0.25, 0.3) is 4.96 Å². The SMILES string of the molecule is CC(C)Cc1nn2c(=O)cc(CSCC(=O)Nc3ccc(Cl)cc3)nc2s1. The van der Waals surface area contributed by atoms with Crippen LogP contribution in [0, 0.1) is 5.92 Å². The minimum Gasteiger partial charge on any atom is -0.325 e. The average Bonchev–Trinajstić information content (AvgIpc) is 2.99. The van der Waals surface area contributed by atoms with E-state index in [-0.39, 0.29) is 17.2 Å². The molecule has 27 heavy (non-hydrogen) atoms. The van der Waals surface area contributed by atoms with Crippen LogP contribution >= 0.6 is 34.7 Å². The molecule has 0 aliphatic rings. The molecule has 6 nitrogen and oxygen atoms in total. The first-order chi connectivity index (χ1) is 12.9. The second-order valence-corrected chi connectivity index (χ2v) is 8.88. The van der Waals surface area contributed by atoms with Crippen molar-refractivity contribution < 1.29 is 4.79 Å². The standard InChI is InChI=1S/C18H19ClN4O2S2/c1-11(2)7-16-22-23-17(25)8-14(21-18(23)27-16)9-26-10-15(24)20-13-5-3-12(19)4-6-13/h3-6,8,11H,7,9-10H2,1-2H3,(H,20,24). The second kappa shape index (κ2) is 8.86. The predicted molar refractivity (Wildman–Crippen MR) is 112 cm³/mol. The molecule has 0 atom stereocenters. The van der Waals surface area contributed by atoms with Crippen LogP contribution in [0.4, 0.5) is 5.69 Å². The van der Waals surface area contributed by atoms with Crippen molar-refractivity contribution >= 4 is 51.3 Å². The normalized spacial score (nSPS) is 11.3. The number of nitrogens with zero attached hydrogens (tertiary/aromatic N) is 3. The largest absolute Gasteiger partial charge is 0.325 e. The Morgan fingerprint density at radius 2 is 2.07 bits per heavy atom. The molecular formula is C18H19ClN4O2S2. The maximum atomic E-state index is 12.2. The van der Waals surface area contributed by atoms with E-state index in [0.717, 1.165) is 11.4 Å². The molecule has 2 heterocycles. The first-order valence-corrected chi connectivity index (χ1v) is 10.8. The van der Waals surface area contributed by atoms with Crippen LogP contribution in [0.15, 0.2) is 35.1 Å². The topological polar surface area (TPSA) is 76.4 Å². The van der Waals surface area contributed by atoms with Gasteiger partial charge >= 0.3 is 0 Å². The molecule has 1 aromatic carbocycles. The molecule has 0 spiro atoms. The van der Waals surface area contributed by atoms with Gasteiger partial charge in [-0.2, -0.15) is 9.61 Å². The maximum Gasteiger partial charge on any atom is 0.275 e. The monoisotopic (exact) mass is 422 g/mol. The van der Waals surface area contributed by atoms with Crippen LogP contribution in [-0.4, -0.2) is 26.3 Å². The number of rotatable bonds is 7. The number of carbonyl (C=O) groups excluding carboxylic acids is 1. The molecule has 2 aromatic heterocycles. The number of fused-ring (bicyclic) bond motifs is 1. The summed E-state index contributed by atoms with van der Waals surface area (Å²) >= 11 is 8.67. The van der Waals surface area contributed by atoms with E-state index in [2.05, 4.69) is 29.2 Å². The van der Waals surface area contributed by atoms with E-state index in [1.807, 2.05) is 0 Å². The molecule has 0 saturated heterocycles. The minimum atomic E-state index is -0.188. The summed E-state index contributed by atoms with van der Waals surface area (Å²) in [4.78, 5) is 29.3. The molecule has 0 unspecified atom stereocenters. The summed E-state index contributed by atoms with van der Waals surface area (Å²) in [7, 11) is 0. The molecule has 3 aromatic rings. The van der Waals surface area contributed by atoms with Crippen LogP contribution < -0.4 is 10.9 Å². The smallest absolute Gasteiger partial charge is 0.275 e. The average molecular weight is 423 g/mol. The fourth-order valence-corrected chi connectivity index (χ4v) is 4.35. The number of anilines is 1. The van der Waals surface area contributed by atoms with E-state index in [0.29, 0.717) is 33.0 Å². The third-order valence-corrected chi connectivity index (χ3v) is 5.68. The fourth-order valence-electron chi connectivity index (χ4n) is 2.38. The highest BCUT2D eigenvalue weighted by molar-refractivity contribution is 7.99. The van der Waals surface area contributed by atoms with Crippen molar-refractivity contribution in [3.63, 3.8) is 0 Å². The summed E-state index contributed by atoms with van der Waals surface area (Å²) in [5, 5.41) is 8.66. The number of aromatic nitrogens is 3. The van der Waals surface area contributed by atoms with Gasteiger partial charge in [0.2, 0.25) is 10.9 Å². The Morgan fingerprint density at radius 3 is 2.78 bits per heavy atom. The summed E-state index contributed by atoms with van der Waals surface area (Å²) in [6.07, 6.45) is 0.822. The van der Waals surface area contributed by atoms with E-state index in [4.69, 9.17) is 11.6 Å². The van der Waals surface area contributed by atoms with Gasteiger partial charge in [0.25, 0.3) is 5.56 Å². The minimum absolute atomic E-state index is 0.114. The van der Waals surface area contributed by atoms with Crippen LogP contribution in [-0.2, 0) is 17.0 Å². The molecule has 1 N–H and O–H groups in total. The first kappa shape index (κ1) is 19.9. The van der Waals surface area contributed by atoms with E-state index in [9.17, 15) is 9.59 Å². The van der Waals surface area contributed by atoms with Gasteiger partial charge in [0, 0.05) is 29.0 Å². The third-order valence-electron chi connectivity index (χ3n) is 3.53. The van der Waals surface area contributed by atoms with Crippen molar-refractivity contribution in [1.29, 1.82) is 0 Å². The highest BCUT2D eigenvalue weighted by Gasteiger charge is 2.11. The molecule has 0 aliphatic heterocycles. The quantitative estimate of drug-likeness (QED) is 0.625. The van der Waals surface area contributed by atoms with Gasteiger partial charge in [0.1, 0.15) is 5.01 Å². The van der Waals surface area contributed by atoms with Crippen molar-refractivity contribution in [2.45, 2.75) is 26.0 Å². The Labute approximate surface area is 170 Å². The molecular weight excluding hydrogens is 404 g/mol. The molecule has 0 fully saturated rings. The van der Waals surface area contributed by atoms with Crippen molar-refractivity contribution in [3.8, 4) is 0 Å². The van der Waals surface area contributed by atoms with E-state index < -0.39 is 0 Å². The Bertz CT molecular complexity index is 999. The Morgan fingerprint density at radius 1 is 1.33 bits per heavy atom. The van der Waals surface area contributed by atoms with Gasteiger partial charge in [-0.05, 0) is 30.2 Å². The van der Waals surface area contributed by atoms with Gasteiger partial charge < -0.3 is 5.32 Å². The zero-order valence-electron chi connectivity index (χ0n) is 14.9. The molecule has 3 rings (SSSR count). The summed E-state index contributed by atoms with van der Waals surface area (Å²) < 4.78 is 1.35.